The van der Waals surface area contributed by atoms with E-state index in [4.69, 9.17) is 11.5 Å². The maximum atomic E-state index is 11.7. The topological polar surface area (TPSA) is 127 Å². The van der Waals surface area contributed by atoms with Gasteiger partial charge in [0.15, 0.2) is 0 Å². The van der Waals surface area contributed by atoms with Gasteiger partial charge >= 0.3 is 0 Å². The van der Waals surface area contributed by atoms with E-state index < -0.39 is 29.4 Å². The molecule has 2 rings (SSSR count). The van der Waals surface area contributed by atoms with Crippen LogP contribution in [0.1, 0.15) is 38.2 Å². The fourth-order valence-corrected chi connectivity index (χ4v) is 3.23. The van der Waals surface area contributed by atoms with Crippen molar-refractivity contribution in [3.8, 4) is 0 Å². The normalized spacial score (nSPS) is 15.8. The van der Waals surface area contributed by atoms with Gasteiger partial charge < -0.3 is 21.7 Å². The number of aliphatic hydroxyl groups is 2. The van der Waals surface area contributed by atoms with E-state index in [1.165, 1.54) is 6.92 Å². The number of carbonyl (C=O) groups is 2. The number of benzene rings is 2. The Labute approximate surface area is 159 Å². The Hall–Kier alpha value is -2.44. The minimum Gasteiger partial charge on any atom is -0.393 e. The highest BCUT2D eigenvalue weighted by atomic mass is 16.3. The molecule has 0 fully saturated rings. The first-order chi connectivity index (χ1) is 12.7. The molecule has 0 saturated heterocycles. The third-order valence-corrected chi connectivity index (χ3v) is 5.10. The first-order valence-corrected chi connectivity index (χ1v) is 9.17. The lowest BCUT2D eigenvalue weighted by molar-refractivity contribution is -0.136. The quantitative estimate of drug-likeness (QED) is 0.505. The molecule has 0 saturated carbocycles. The zero-order valence-electron chi connectivity index (χ0n) is 15.6. The summed E-state index contributed by atoms with van der Waals surface area (Å²) in [6, 6.07) is 14.1. The molecule has 3 atom stereocenters. The molecule has 6 nitrogen and oxygen atoms in total. The maximum Gasteiger partial charge on any atom is 0.249 e. The van der Waals surface area contributed by atoms with Crippen LogP contribution in [0.5, 0.6) is 0 Å². The summed E-state index contributed by atoms with van der Waals surface area (Å²) in [5.41, 5.74) is 10.0. The molecule has 0 aromatic heterocycles. The highest BCUT2D eigenvalue weighted by Crippen LogP contribution is 2.23. The Kier molecular flexibility index (Phi) is 6.93. The Balaban J connectivity index is 1.94. The van der Waals surface area contributed by atoms with E-state index >= 15 is 0 Å². The summed E-state index contributed by atoms with van der Waals surface area (Å²) >= 11 is 0. The average Bonchev–Trinajstić information content (AvgIpc) is 2.63. The van der Waals surface area contributed by atoms with Crippen LogP contribution in [0.4, 0.5) is 0 Å². The van der Waals surface area contributed by atoms with Crippen molar-refractivity contribution in [2.24, 2.45) is 17.4 Å². The first kappa shape index (κ1) is 20.9. The van der Waals surface area contributed by atoms with Gasteiger partial charge in [-0.15, -0.1) is 0 Å². The van der Waals surface area contributed by atoms with E-state index in [0.29, 0.717) is 12.8 Å². The second-order valence-electron chi connectivity index (χ2n) is 7.34. The molecule has 2 aromatic carbocycles. The van der Waals surface area contributed by atoms with E-state index in [1.54, 1.807) is 0 Å². The van der Waals surface area contributed by atoms with E-state index in [1.807, 2.05) is 36.4 Å². The Morgan fingerprint density at radius 1 is 1.07 bits per heavy atom. The number of hydrogen-bond acceptors (Lipinski definition) is 4. The Morgan fingerprint density at radius 3 is 2.41 bits per heavy atom. The van der Waals surface area contributed by atoms with Gasteiger partial charge in [0.05, 0.1) is 6.10 Å². The van der Waals surface area contributed by atoms with Gasteiger partial charge in [0, 0.05) is 5.92 Å². The average molecular weight is 372 g/mol. The molecule has 146 valence electrons. The van der Waals surface area contributed by atoms with Gasteiger partial charge in [0.1, 0.15) is 5.60 Å². The zero-order chi connectivity index (χ0) is 20.0. The van der Waals surface area contributed by atoms with Crippen LogP contribution in [-0.2, 0) is 16.0 Å². The van der Waals surface area contributed by atoms with Gasteiger partial charge in [-0.1, -0.05) is 42.5 Å². The fourth-order valence-electron chi connectivity index (χ4n) is 3.23. The number of hydrogen-bond donors (Lipinski definition) is 4. The fraction of sp³-hybridized carbons (Fsp3) is 0.429. The van der Waals surface area contributed by atoms with Crippen LogP contribution in [-0.4, -0.2) is 33.7 Å². The summed E-state index contributed by atoms with van der Waals surface area (Å²) in [5, 5.41) is 22.6. The third-order valence-electron chi connectivity index (χ3n) is 5.10. The molecule has 0 aliphatic rings. The van der Waals surface area contributed by atoms with E-state index in [9.17, 15) is 19.8 Å². The molecule has 2 amide bonds. The van der Waals surface area contributed by atoms with Crippen molar-refractivity contribution in [3.63, 3.8) is 0 Å². The number of rotatable bonds is 10. The predicted molar refractivity (Wildman–Crippen MR) is 105 cm³/mol. The van der Waals surface area contributed by atoms with Crippen molar-refractivity contribution in [1.29, 1.82) is 0 Å². The molecule has 6 heteroatoms. The van der Waals surface area contributed by atoms with Crippen molar-refractivity contribution in [3.05, 3.63) is 48.0 Å². The van der Waals surface area contributed by atoms with Gasteiger partial charge in [-0.2, -0.15) is 0 Å². The molecule has 1 unspecified atom stereocenters. The van der Waals surface area contributed by atoms with E-state index in [2.05, 4.69) is 6.07 Å². The number of aryl methyl sites for hydroxylation is 1. The number of primary amides is 2. The minimum absolute atomic E-state index is 0.0198. The van der Waals surface area contributed by atoms with Gasteiger partial charge in [0.2, 0.25) is 11.8 Å². The zero-order valence-corrected chi connectivity index (χ0v) is 15.6. The van der Waals surface area contributed by atoms with Crippen LogP contribution >= 0.6 is 0 Å². The van der Waals surface area contributed by atoms with Crippen LogP contribution in [0.15, 0.2) is 42.5 Å². The first-order valence-electron chi connectivity index (χ1n) is 9.17. The monoisotopic (exact) mass is 372 g/mol. The molecule has 0 aliphatic heterocycles. The molecular formula is C21H28N2O4. The number of aliphatic hydroxyl groups excluding tert-OH is 1. The van der Waals surface area contributed by atoms with Gasteiger partial charge in [-0.3, -0.25) is 9.59 Å². The summed E-state index contributed by atoms with van der Waals surface area (Å²) < 4.78 is 0. The maximum absolute atomic E-state index is 11.7. The molecule has 0 radical (unpaired) electrons. The van der Waals surface area contributed by atoms with Gasteiger partial charge in [0.25, 0.3) is 0 Å². The molecule has 27 heavy (non-hydrogen) atoms. The lowest BCUT2D eigenvalue weighted by Crippen LogP contribution is -2.42. The molecule has 6 N–H and O–H groups in total. The second kappa shape index (κ2) is 8.97. The third kappa shape index (κ3) is 5.77. The van der Waals surface area contributed by atoms with Gasteiger partial charge in [-0.05, 0) is 55.4 Å². The van der Waals surface area contributed by atoms with Crippen molar-refractivity contribution in [1.82, 2.24) is 0 Å². The van der Waals surface area contributed by atoms with Crippen molar-refractivity contribution in [2.75, 3.05) is 0 Å². The predicted octanol–water partition coefficient (Wildman–Crippen LogP) is 1.64. The molecule has 0 aliphatic carbocycles. The van der Waals surface area contributed by atoms with Crippen molar-refractivity contribution < 1.29 is 19.8 Å². The second-order valence-corrected chi connectivity index (χ2v) is 7.34. The van der Waals surface area contributed by atoms with Crippen LogP contribution in [0.3, 0.4) is 0 Å². The minimum atomic E-state index is -1.69. The highest BCUT2D eigenvalue weighted by molar-refractivity contribution is 5.85. The largest absolute Gasteiger partial charge is 0.393 e. The lowest BCUT2D eigenvalue weighted by atomic mass is 9.88. The number of amides is 2. The molecule has 0 heterocycles. The SMILES string of the molecule is CC(O)(CC[C@H](C[C@@H](O)CCc1cccc2ccccc12)C(N)=O)C(N)=O. The lowest BCUT2D eigenvalue weighted by Gasteiger charge is -2.23. The summed E-state index contributed by atoms with van der Waals surface area (Å²) in [7, 11) is 0. The van der Waals surface area contributed by atoms with E-state index in [-0.39, 0.29) is 19.3 Å². The number of carbonyl (C=O) groups excluding carboxylic acids is 2. The standard InChI is InChI=1S/C21H28N2O4/c1-21(27,20(23)26)12-11-16(19(22)25)13-17(24)10-9-15-7-4-6-14-5-2-3-8-18(14)15/h2-8,16-17,24,27H,9-13H2,1H3,(H2,22,25)(H2,23,26)/t16-,17+,21?/m1/s1. The van der Waals surface area contributed by atoms with Crippen molar-refractivity contribution in [2.45, 2.75) is 50.7 Å². The van der Waals surface area contributed by atoms with Crippen LogP contribution in [0.2, 0.25) is 0 Å². The van der Waals surface area contributed by atoms with Gasteiger partial charge in [-0.25, -0.2) is 0 Å². The number of nitrogens with two attached hydrogens (primary N) is 2. The Morgan fingerprint density at radius 2 is 1.74 bits per heavy atom. The molecular weight excluding hydrogens is 344 g/mol. The summed E-state index contributed by atoms with van der Waals surface area (Å²) in [6.45, 7) is 1.31. The smallest absolute Gasteiger partial charge is 0.249 e. The Bertz CT molecular complexity index is 798. The molecule has 0 bridgehead atoms. The highest BCUT2D eigenvalue weighted by Gasteiger charge is 2.30. The molecule has 2 aromatic rings. The van der Waals surface area contributed by atoms with E-state index in [0.717, 1.165) is 16.3 Å². The summed E-state index contributed by atoms with van der Waals surface area (Å²) in [4.78, 5) is 22.9. The van der Waals surface area contributed by atoms with Crippen LogP contribution in [0.25, 0.3) is 10.8 Å². The number of fused-ring (bicyclic) bond motifs is 1. The summed E-state index contributed by atoms with van der Waals surface area (Å²) in [6.07, 6.45) is 0.856. The van der Waals surface area contributed by atoms with Crippen LogP contribution < -0.4 is 11.5 Å². The van der Waals surface area contributed by atoms with Crippen molar-refractivity contribution >= 4 is 22.6 Å². The van der Waals surface area contributed by atoms with Crippen LogP contribution in [0, 0.1) is 5.92 Å². The molecule has 0 spiro atoms. The summed E-state index contributed by atoms with van der Waals surface area (Å²) in [5.74, 6) is -2.03.